The van der Waals surface area contributed by atoms with Crippen LogP contribution < -0.4 is 10.1 Å². The van der Waals surface area contributed by atoms with Crippen molar-refractivity contribution >= 4 is 17.5 Å². The topological polar surface area (TPSA) is 56.1 Å². The molecule has 1 aromatic heterocycles. The molecular weight excluding hydrogens is 362 g/mol. The van der Waals surface area contributed by atoms with Crippen molar-refractivity contribution in [2.75, 3.05) is 0 Å². The molecule has 1 atom stereocenters. The van der Waals surface area contributed by atoms with Gasteiger partial charge in [0.2, 0.25) is 0 Å². The largest absolute Gasteiger partial charge is 0.479 e. The van der Waals surface area contributed by atoms with E-state index in [4.69, 9.17) is 16.3 Å². The lowest BCUT2D eigenvalue weighted by atomic mass is 10.1. The van der Waals surface area contributed by atoms with E-state index >= 15 is 0 Å². The monoisotopic (exact) mass is 383 g/mol. The van der Waals surface area contributed by atoms with Crippen LogP contribution in [0.1, 0.15) is 23.6 Å². The van der Waals surface area contributed by atoms with Gasteiger partial charge in [-0.25, -0.2) is 0 Å². The molecule has 1 heterocycles. The molecule has 2 aromatic carbocycles. The van der Waals surface area contributed by atoms with Crippen molar-refractivity contribution < 1.29 is 9.53 Å². The number of aryl methyl sites for hydroxylation is 1. The first-order valence-corrected chi connectivity index (χ1v) is 9.15. The number of carbonyl (C=O) groups excluding carboxylic acids is 1. The highest BCUT2D eigenvalue weighted by Gasteiger charge is 2.16. The summed E-state index contributed by atoms with van der Waals surface area (Å²) in [7, 11) is 0. The third-order valence-electron chi connectivity index (χ3n) is 4.12. The third kappa shape index (κ3) is 5.34. The average Bonchev–Trinajstić information content (AvgIpc) is 3.16. The minimum Gasteiger partial charge on any atom is -0.479 e. The smallest absolute Gasteiger partial charge is 0.261 e. The molecule has 0 saturated heterocycles. The van der Waals surface area contributed by atoms with Crippen LogP contribution in [0.3, 0.4) is 0 Å². The van der Waals surface area contributed by atoms with E-state index in [1.165, 1.54) is 0 Å². The van der Waals surface area contributed by atoms with Crippen molar-refractivity contribution in [3.8, 4) is 5.75 Å². The quantitative estimate of drug-likeness (QED) is 0.671. The maximum absolute atomic E-state index is 12.4. The molecule has 0 aliphatic heterocycles. The summed E-state index contributed by atoms with van der Waals surface area (Å²) in [6, 6.07) is 15.4. The zero-order valence-electron chi connectivity index (χ0n) is 15.4. The lowest BCUT2D eigenvalue weighted by molar-refractivity contribution is -0.127. The first-order chi connectivity index (χ1) is 13.0. The second-order valence-electron chi connectivity index (χ2n) is 6.44. The SMILES string of the molecule is Cc1ccc(Cl)c(OC(C)C(=O)NCc2cccc(Cn3cccn3)c2)c1. The fraction of sp³-hybridized carbons (Fsp3) is 0.238. The van der Waals surface area contributed by atoms with Crippen LogP contribution in [0.2, 0.25) is 5.02 Å². The molecule has 0 aliphatic carbocycles. The van der Waals surface area contributed by atoms with E-state index in [9.17, 15) is 4.79 Å². The maximum atomic E-state index is 12.4. The van der Waals surface area contributed by atoms with Crippen molar-refractivity contribution in [1.29, 1.82) is 0 Å². The normalized spacial score (nSPS) is 11.8. The molecular formula is C21H22ClN3O2. The summed E-state index contributed by atoms with van der Waals surface area (Å²) in [5.74, 6) is 0.325. The molecule has 0 fully saturated rings. The Kier molecular flexibility index (Phi) is 6.14. The molecule has 0 saturated carbocycles. The van der Waals surface area contributed by atoms with Crippen LogP contribution in [0.5, 0.6) is 5.75 Å². The highest BCUT2D eigenvalue weighted by atomic mass is 35.5. The van der Waals surface area contributed by atoms with E-state index in [0.717, 1.165) is 16.7 Å². The molecule has 6 heteroatoms. The Labute approximate surface area is 163 Å². The Balaban J connectivity index is 1.56. The number of ether oxygens (including phenoxy) is 1. The molecule has 5 nitrogen and oxygen atoms in total. The van der Waals surface area contributed by atoms with Crippen LogP contribution in [0.15, 0.2) is 60.9 Å². The summed E-state index contributed by atoms with van der Waals surface area (Å²) in [6.07, 6.45) is 3.03. The number of benzene rings is 2. The fourth-order valence-corrected chi connectivity index (χ4v) is 2.86. The predicted octanol–water partition coefficient (Wildman–Crippen LogP) is 3.98. The molecule has 0 spiro atoms. The molecule has 0 aliphatic rings. The molecule has 1 amide bonds. The number of hydrogen-bond donors (Lipinski definition) is 1. The number of aromatic nitrogens is 2. The molecule has 1 unspecified atom stereocenters. The second kappa shape index (κ2) is 8.73. The van der Waals surface area contributed by atoms with E-state index in [-0.39, 0.29) is 5.91 Å². The van der Waals surface area contributed by atoms with Crippen LogP contribution in [-0.4, -0.2) is 21.8 Å². The van der Waals surface area contributed by atoms with E-state index in [0.29, 0.717) is 23.9 Å². The Bertz CT molecular complexity index is 910. The minimum absolute atomic E-state index is 0.190. The van der Waals surface area contributed by atoms with Gasteiger partial charge in [-0.15, -0.1) is 0 Å². The van der Waals surface area contributed by atoms with Gasteiger partial charge >= 0.3 is 0 Å². The van der Waals surface area contributed by atoms with E-state index < -0.39 is 6.10 Å². The van der Waals surface area contributed by atoms with Crippen LogP contribution in [-0.2, 0) is 17.9 Å². The van der Waals surface area contributed by atoms with Crippen molar-refractivity contribution in [3.63, 3.8) is 0 Å². The van der Waals surface area contributed by atoms with Gasteiger partial charge in [0.05, 0.1) is 11.6 Å². The Hall–Kier alpha value is -2.79. The lowest BCUT2D eigenvalue weighted by Crippen LogP contribution is -2.36. The predicted molar refractivity (Wildman–Crippen MR) is 106 cm³/mol. The van der Waals surface area contributed by atoms with Crippen LogP contribution in [0.4, 0.5) is 0 Å². The van der Waals surface area contributed by atoms with Gasteiger partial charge in [-0.1, -0.05) is 41.9 Å². The number of hydrogen-bond acceptors (Lipinski definition) is 3. The third-order valence-corrected chi connectivity index (χ3v) is 4.43. The molecule has 0 radical (unpaired) electrons. The van der Waals surface area contributed by atoms with E-state index in [1.54, 1.807) is 19.2 Å². The molecule has 27 heavy (non-hydrogen) atoms. The summed E-state index contributed by atoms with van der Waals surface area (Å²) in [5, 5.41) is 7.61. The van der Waals surface area contributed by atoms with Crippen LogP contribution in [0.25, 0.3) is 0 Å². The van der Waals surface area contributed by atoms with Crippen molar-refractivity contribution in [3.05, 3.63) is 82.6 Å². The van der Waals surface area contributed by atoms with Gasteiger partial charge in [-0.2, -0.15) is 5.10 Å². The summed E-state index contributed by atoms with van der Waals surface area (Å²) in [4.78, 5) is 12.4. The zero-order chi connectivity index (χ0) is 19.2. The standard InChI is InChI=1S/C21H22ClN3O2/c1-15-7-8-19(22)20(11-15)27-16(2)21(26)23-13-17-5-3-6-18(12-17)14-25-10-4-9-24-25/h3-12,16H,13-14H2,1-2H3,(H,23,26). The highest BCUT2D eigenvalue weighted by molar-refractivity contribution is 6.32. The average molecular weight is 384 g/mol. The van der Waals surface area contributed by atoms with Gasteiger partial charge in [0.25, 0.3) is 5.91 Å². The molecule has 0 bridgehead atoms. The molecule has 3 rings (SSSR count). The van der Waals surface area contributed by atoms with Crippen molar-refractivity contribution in [2.24, 2.45) is 0 Å². The minimum atomic E-state index is -0.642. The van der Waals surface area contributed by atoms with Gasteiger partial charge in [0, 0.05) is 18.9 Å². The summed E-state index contributed by atoms with van der Waals surface area (Å²) in [6.45, 7) is 4.79. The summed E-state index contributed by atoms with van der Waals surface area (Å²) < 4.78 is 7.57. The van der Waals surface area contributed by atoms with Gasteiger partial charge < -0.3 is 10.1 Å². The first-order valence-electron chi connectivity index (χ1n) is 8.77. The van der Waals surface area contributed by atoms with Gasteiger partial charge in [0.15, 0.2) is 6.10 Å². The van der Waals surface area contributed by atoms with Gasteiger partial charge in [-0.3, -0.25) is 9.48 Å². The number of amides is 1. The Morgan fingerprint density at radius 3 is 2.81 bits per heavy atom. The molecule has 140 valence electrons. The number of nitrogens with zero attached hydrogens (tertiary/aromatic N) is 2. The number of carbonyl (C=O) groups is 1. The molecule has 3 aromatic rings. The van der Waals surface area contributed by atoms with E-state index in [2.05, 4.69) is 16.5 Å². The maximum Gasteiger partial charge on any atom is 0.261 e. The fourth-order valence-electron chi connectivity index (χ4n) is 2.70. The number of rotatable bonds is 7. The Morgan fingerprint density at radius 1 is 1.22 bits per heavy atom. The van der Waals surface area contributed by atoms with Crippen LogP contribution >= 0.6 is 11.6 Å². The Morgan fingerprint density at radius 2 is 2.04 bits per heavy atom. The highest BCUT2D eigenvalue weighted by Crippen LogP contribution is 2.26. The lowest BCUT2D eigenvalue weighted by Gasteiger charge is -2.16. The first kappa shape index (κ1) is 19.0. The van der Waals surface area contributed by atoms with Crippen molar-refractivity contribution in [1.82, 2.24) is 15.1 Å². The summed E-state index contributed by atoms with van der Waals surface area (Å²) >= 11 is 6.13. The number of nitrogens with one attached hydrogen (secondary N) is 1. The van der Waals surface area contributed by atoms with Gasteiger partial charge in [0.1, 0.15) is 5.75 Å². The zero-order valence-corrected chi connectivity index (χ0v) is 16.1. The molecule has 1 N–H and O–H groups in total. The van der Waals surface area contributed by atoms with Gasteiger partial charge in [-0.05, 0) is 48.7 Å². The van der Waals surface area contributed by atoms with Crippen LogP contribution in [0, 0.1) is 6.92 Å². The van der Waals surface area contributed by atoms with E-state index in [1.807, 2.05) is 54.2 Å². The van der Waals surface area contributed by atoms with Crippen molar-refractivity contribution in [2.45, 2.75) is 33.0 Å². The summed E-state index contributed by atoms with van der Waals surface area (Å²) in [5.41, 5.74) is 3.17. The second-order valence-corrected chi connectivity index (χ2v) is 6.84. The number of halogens is 1.